The smallest absolute Gasteiger partial charge is 0.329 e. The summed E-state index contributed by atoms with van der Waals surface area (Å²) in [7, 11) is 0. The number of hydrogen-bond acceptors (Lipinski definition) is 4. The molecule has 21 heavy (non-hydrogen) atoms. The van der Waals surface area contributed by atoms with Gasteiger partial charge in [-0.05, 0) is 37.1 Å². The van der Waals surface area contributed by atoms with Crippen LogP contribution in [0, 0.1) is 13.8 Å². The van der Waals surface area contributed by atoms with Gasteiger partial charge in [-0.3, -0.25) is 4.79 Å². The van der Waals surface area contributed by atoms with Crippen LogP contribution < -0.4 is 5.32 Å². The van der Waals surface area contributed by atoms with Gasteiger partial charge >= 0.3 is 5.97 Å². The summed E-state index contributed by atoms with van der Waals surface area (Å²) in [6, 6.07) is 6.26. The lowest BCUT2D eigenvalue weighted by Crippen LogP contribution is -2.28. The molecule has 0 aliphatic heterocycles. The molecule has 116 valence electrons. The highest BCUT2D eigenvalue weighted by Gasteiger charge is 2.03. The number of aryl methyl sites for hydroxylation is 2. The van der Waals surface area contributed by atoms with Gasteiger partial charge in [0.05, 0.1) is 6.61 Å². The number of carbonyl (C=O) groups is 2. The van der Waals surface area contributed by atoms with Crippen molar-refractivity contribution in [3.05, 3.63) is 29.3 Å². The van der Waals surface area contributed by atoms with E-state index in [2.05, 4.69) is 37.4 Å². The van der Waals surface area contributed by atoms with Crippen LogP contribution in [0.1, 0.15) is 17.5 Å². The summed E-state index contributed by atoms with van der Waals surface area (Å²) in [6.07, 6.45) is 0.427. The van der Waals surface area contributed by atoms with Crippen molar-refractivity contribution in [1.82, 2.24) is 5.32 Å². The standard InChI is InChI=1S/C15H21NO4S/c1-11-3-4-13(9-12(11)2)21-8-5-14(17)16-6-7-20-10-15(18)19/h3-4,9H,5-8,10H2,1-2H3,(H,16,17)(H,18,19). The molecule has 0 saturated carbocycles. The minimum Gasteiger partial charge on any atom is -0.480 e. The number of carboxylic acid groups (broad SMARTS) is 1. The average molecular weight is 311 g/mol. The molecule has 0 heterocycles. The molecule has 1 amide bonds. The third-order valence-corrected chi connectivity index (χ3v) is 3.87. The minimum absolute atomic E-state index is 0.0507. The van der Waals surface area contributed by atoms with Crippen LogP contribution in [0.25, 0.3) is 0 Å². The topological polar surface area (TPSA) is 75.6 Å². The molecule has 0 unspecified atom stereocenters. The molecule has 0 aliphatic carbocycles. The maximum Gasteiger partial charge on any atom is 0.329 e. The summed E-state index contributed by atoms with van der Waals surface area (Å²) >= 11 is 1.65. The zero-order valence-electron chi connectivity index (χ0n) is 12.3. The van der Waals surface area contributed by atoms with E-state index in [1.54, 1.807) is 11.8 Å². The first kappa shape index (κ1) is 17.5. The van der Waals surface area contributed by atoms with Crippen LogP contribution in [0.5, 0.6) is 0 Å². The normalized spacial score (nSPS) is 10.4. The molecule has 5 nitrogen and oxygen atoms in total. The lowest BCUT2D eigenvalue weighted by atomic mass is 10.1. The summed E-state index contributed by atoms with van der Waals surface area (Å²) in [5.41, 5.74) is 2.51. The number of thioether (sulfide) groups is 1. The molecule has 0 saturated heterocycles. The summed E-state index contributed by atoms with van der Waals surface area (Å²) in [5, 5.41) is 11.1. The zero-order valence-corrected chi connectivity index (χ0v) is 13.2. The first-order valence-electron chi connectivity index (χ1n) is 6.75. The summed E-state index contributed by atoms with van der Waals surface area (Å²) in [4.78, 5) is 22.9. The Morgan fingerprint density at radius 1 is 1.29 bits per heavy atom. The van der Waals surface area contributed by atoms with Gasteiger partial charge < -0.3 is 15.2 Å². The van der Waals surface area contributed by atoms with Gasteiger partial charge in [0.15, 0.2) is 0 Å². The Bertz CT molecular complexity index is 491. The molecule has 0 aromatic heterocycles. The maximum atomic E-state index is 11.6. The van der Waals surface area contributed by atoms with Crippen molar-refractivity contribution in [3.8, 4) is 0 Å². The van der Waals surface area contributed by atoms with Crippen LogP contribution in [0.4, 0.5) is 0 Å². The first-order chi connectivity index (χ1) is 9.99. The quantitative estimate of drug-likeness (QED) is 0.539. The van der Waals surface area contributed by atoms with E-state index in [1.165, 1.54) is 11.1 Å². The van der Waals surface area contributed by atoms with Gasteiger partial charge in [0, 0.05) is 23.6 Å². The largest absolute Gasteiger partial charge is 0.480 e. The van der Waals surface area contributed by atoms with E-state index in [0.717, 1.165) is 4.90 Å². The molecule has 6 heteroatoms. The Hall–Kier alpha value is -1.53. The van der Waals surface area contributed by atoms with E-state index in [0.29, 0.717) is 18.7 Å². The molecule has 1 rings (SSSR count). The maximum absolute atomic E-state index is 11.6. The van der Waals surface area contributed by atoms with Gasteiger partial charge in [0.2, 0.25) is 5.91 Å². The second-order valence-electron chi connectivity index (χ2n) is 4.64. The number of nitrogens with one attached hydrogen (secondary N) is 1. The molecular weight excluding hydrogens is 290 g/mol. The lowest BCUT2D eigenvalue weighted by molar-refractivity contribution is -0.142. The average Bonchev–Trinajstić information content (AvgIpc) is 2.42. The molecule has 0 spiro atoms. The van der Waals surface area contributed by atoms with Crippen LogP contribution in [0.2, 0.25) is 0 Å². The summed E-state index contributed by atoms with van der Waals surface area (Å²) in [6.45, 7) is 4.36. The SMILES string of the molecule is Cc1ccc(SCCC(=O)NCCOCC(=O)O)cc1C. The number of benzene rings is 1. The van der Waals surface area contributed by atoms with Crippen molar-refractivity contribution in [1.29, 1.82) is 0 Å². The Balaban J connectivity index is 2.13. The van der Waals surface area contributed by atoms with Gasteiger partial charge in [0.1, 0.15) is 6.61 Å². The third-order valence-electron chi connectivity index (χ3n) is 2.87. The van der Waals surface area contributed by atoms with Crippen molar-refractivity contribution in [3.63, 3.8) is 0 Å². The highest BCUT2D eigenvalue weighted by atomic mass is 32.2. The van der Waals surface area contributed by atoms with E-state index in [4.69, 9.17) is 9.84 Å². The van der Waals surface area contributed by atoms with E-state index in [-0.39, 0.29) is 19.1 Å². The van der Waals surface area contributed by atoms with Gasteiger partial charge in [-0.2, -0.15) is 0 Å². The molecule has 0 bridgehead atoms. The zero-order chi connectivity index (χ0) is 15.7. The van der Waals surface area contributed by atoms with Gasteiger partial charge in [0.25, 0.3) is 0 Å². The lowest BCUT2D eigenvalue weighted by Gasteiger charge is -2.06. The Morgan fingerprint density at radius 2 is 2.05 bits per heavy atom. The van der Waals surface area contributed by atoms with Crippen LogP contribution in [-0.2, 0) is 14.3 Å². The Labute approximate surface area is 129 Å². The monoisotopic (exact) mass is 311 g/mol. The number of aliphatic carboxylic acids is 1. The van der Waals surface area contributed by atoms with E-state index >= 15 is 0 Å². The van der Waals surface area contributed by atoms with Crippen molar-refractivity contribution in [2.75, 3.05) is 25.5 Å². The predicted molar refractivity (Wildman–Crippen MR) is 82.7 cm³/mol. The number of carbonyl (C=O) groups excluding carboxylic acids is 1. The Morgan fingerprint density at radius 3 is 2.71 bits per heavy atom. The van der Waals surface area contributed by atoms with Crippen molar-refractivity contribution in [2.45, 2.75) is 25.2 Å². The second kappa shape index (κ2) is 9.41. The number of ether oxygens (including phenoxy) is 1. The molecule has 2 N–H and O–H groups in total. The van der Waals surface area contributed by atoms with Crippen LogP contribution in [-0.4, -0.2) is 42.5 Å². The van der Waals surface area contributed by atoms with Crippen LogP contribution >= 0.6 is 11.8 Å². The molecule has 0 atom stereocenters. The van der Waals surface area contributed by atoms with Crippen LogP contribution in [0.15, 0.2) is 23.1 Å². The van der Waals surface area contributed by atoms with Crippen LogP contribution in [0.3, 0.4) is 0 Å². The molecule has 1 aromatic rings. The number of carboxylic acids is 1. The fourth-order valence-corrected chi connectivity index (χ4v) is 2.52. The molecule has 1 aromatic carbocycles. The summed E-state index contributed by atoms with van der Waals surface area (Å²) < 4.78 is 4.82. The summed E-state index contributed by atoms with van der Waals surface area (Å²) in [5.74, 6) is -0.346. The van der Waals surface area contributed by atoms with Gasteiger partial charge in [-0.25, -0.2) is 4.79 Å². The fraction of sp³-hybridized carbons (Fsp3) is 0.467. The molecule has 0 radical (unpaired) electrons. The fourth-order valence-electron chi connectivity index (χ4n) is 1.58. The second-order valence-corrected chi connectivity index (χ2v) is 5.81. The Kier molecular flexibility index (Phi) is 7.85. The van der Waals surface area contributed by atoms with E-state index < -0.39 is 5.97 Å². The number of rotatable bonds is 9. The van der Waals surface area contributed by atoms with E-state index in [1.807, 2.05) is 0 Å². The van der Waals surface area contributed by atoms with Gasteiger partial charge in [-0.1, -0.05) is 6.07 Å². The number of hydrogen-bond donors (Lipinski definition) is 2. The third kappa shape index (κ3) is 7.72. The highest BCUT2D eigenvalue weighted by molar-refractivity contribution is 7.99. The van der Waals surface area contributed by atoms with E-state index in [9.17, 15) is 9.59 Å². The molecule has 0 fully saturated rings. The highest BCUT2D eigenvalue weighted by Crippen LogP contribution is 2.21. The van der Waals surface area contributed by atoms with Crippen molar-refractivity contribution < 1.29 is 19.4 Å². The molecule has 0 aliphatic rings. The molecular formula is C15H21NO4S. The van der Waals surface area contributed by atoms with Crippen molar-refractivity contribution in [2.24, 2.45) is 0 Å². The van der Waals surface area contributed by atoms with Gasteiger partial charge in [-0.15, -0.1) is 11.8 Å². The predicted octanol–water partition coefficient (Wildman–Crippen LogP) is 2.00. The van der Waals surface area contributed by atoms with Crippen molar-refractivity contribution >= 4 is 23.6 Å². The minimum atomic E-state index is -1.01. The number of amides is 1. The first-order valence-corrected chi connectivity index (χ1v) is 7.74.